The van der Waals surface area contributed by atoms with Crippen molar-refractivity contribution in [2.45, 2.75) is 39.1 Å². The minimum atomic E-state index is -0.887. The number of hydrogen-bond acceptors (Lipinski definition) is 7. The van der Waals surface area contributed by atoms with E-state index in [9.17, 15) is 14.4 Å². The molecule has 0 saturated carbocycles. The molecule has 1 aliphatic heterocycles. The first-order valence-electron chi connectivity index (χ1n) is 5.62. The molecule has 7 nitrogen and oxygen atoms in total. The van der Waals surface area contributed by atoms with E-state index in [2.05, 4.69) is 6.26 Å². The zero-order valence-corrected chi connectivity index (χ0v) is 10.9. The Hall–Kier alpha value is -2.14. The first-order chi connectivity index (χ1) is 8.90. The molecule has 0 bridgehead atoms. The third kappa shape index (κ3) is 4.93. The molecule has 19 heavy (non-hydrogen) atoms. The predicted molar refractivity (Wildman–Crippen MR) is 60.4 cm³/mol. The summed E-state index contributed by atoms with van der Waals surface area (Å²) in [6, 6.07) is 0. The fourth-order valence-corrected chi connectivity index (χ4v) is 1.52. The molecule has 1 aliphatic rings. The second-order valence-electron chi connectivity index (χ2n) is 3.89. The van der Waals surface area contributed by atoms with Gasteiger partial charge in [-0.3, -0.25) is 19.1 Å². The number of carbonyl (C=O) groups excluding carboxylic acids is 3. The lowest BCUT2D eigenvalue weighted by Gasteiger charge is -2.26. The number of esters is 3. The van der Waals surface area contributed by atoms with E-state index in [-0.39, 0.29) is 6.61 Å². The lowest BCUT2D eigenvalue weighted by atomic mass is 10.1. The first kappa shape index (κ1) is 14.9. The standard InChI is InChI=1S/C12H15O7/c1-7(13)17-6-11-12(19-9(3)15)10(4-5-16-11)18-8(2)14/h4,10-12H,6H2,1-3H3/q+1. The Balaban J connectivity index is 2.77. The van der Waals surface area contributed by atoms with Crippen LogP contribution < -0.4 is 0 Å². The van der Waals surface area contributed by atoms with Crippen LogP contribution in [0.15, 0.2) is 6.08 Å². The maximum Gasteiger partial charge on any atom is 0.484 e. The van der Waals surface area contributed by atoms with Crippen molar-refractivity contribution in [2.75, 3.05) is 6.61 Å². The Labute approximate surface area is 110 Å². The van der Waals surface area contributed by atoms with E-state index < -0.39 is 36.2 Å². The van der Waals surface area contributed by atoms with Crippen molar-refractivity contribution in [3.05, 3.63) is 12.3 Å². The van der Waals surface area contributed by atoms with Gasteiger partial charge in [-0.25, -0.2) is 0 Å². The van der Waals surface area contributed by atoms with E-state index in [1.54, 1.807) is 0 Å². The molecule has 0 N–H and O–H groups in total. The smallest absolute Gasteiger partial charge is 0.462 e. The average Bonchev–Trinajstić information content (AvgIpc) is 2.28. The van der Waals surface area contributed by atoms with E-state index in [1.807, 2.05) is 0 Å². The van der Waals surface area contributed by atoms with E-state index >= 15 is 0 Å². The fraction of sp³-hybridized carbons (Fsp3) is 0.583. The van der Waals surface area contributed by atoms with Gasteiger partial charge in [0.15, 0.2) is 6.10 Å². The third-order valence-corrected chi connectivity index (χ3v) is 2.20. The topological polar surface area (TPSA) is 88.1 Å². The van der Waals surface area contributed by atoms with Crippen molar-refractivity contribution in [3.63, 3.8) is 0 Å². The summed E-state index contributed by atoms with van der Waals surface area (Å²) in [4.78, 5) is 32.8. The number of ether oxygens (including phenoxy) is 4. The average molecular weight is 271 g/mol. The highest BCUT2D eigenvalue weighted by Gasteiger charge is 2.44. The summed E-state index contributed by atoms with van der Waals surface area (Å²) in [6.45, 7) is 3.56. The molecule has 0 aromatic carbocycles. The number of rotatable bonds is 4. The van der Waals surface area contributed by atoms with Crippen LogP contribution in [0.1, 0.15) is 20.8 Å². The SMILES string of the molecule is CC(=O)OCC1O[C+]=CC(OC(C)=O)C1OC(C)=O. The molecular weight excluding hydrogens is 256 g/mol. The Bertz CT molecular complexity index is 388. The minimum absolute atomic E-state index is 0.133. The molecule has 3 atom stereocenters. The van der Waals surface area contributed by atoms with Crippen LogP contribution in [0.4, 0.5) is 0 Å². The van der Waals surface area contributed by atoms with Crippen molar-refractivity contribution < 1.29 is 33.3 Å². The van der Waals surface area contributed by atoms with Crippen LogP contribution in [0.5, 0.6) is 0 Å². The van der Waals surface area contributed by atoms with Crippen molar-refractivity contribution in [1.82, 2.24) is 0 Å². The van der Waals surface area contributed by atoms with Gasteiger partial charge in [0.1, 0.15) is 6.61 Å². The molecule has 3 unspecified atom stereocenters. The van der Waals surface area contributed by atoms with Gasteiger partial charge in [-0.05, 0) is 0 Å². The van der Waals surface area contributed by atoms with Crippen molar-refractivity contribution in [3.8, 4) is 0 Å². The summed E-state index contributed by atoms with van der Waals surface area (Å²) >= 11 is 0. The van der Waals surface area contributed by atoms with Crippen LogP contribution >= 0.6 is 0 Å². The van der Waals surface area contributed by atoms with Gasteiger partial charge in [-0.15, -0.1) is 0 Å². The van der Waals surface area contributed by atoms with Gasteiger partial charge in [0.2, 0.25) is 12.2 Å². The maximum atomic E-state index is 11.1. The summed E-state index contributed by atoms with van der Waals surface area (Å²) in [5.41, 5.74) is 0. The highest BCUT2D eigenvalue weighted by molar-refractivity contribution is 5.68. The Morgan fingerprint density at radius 2 is 1.74 bits per heavy atom. The Kier molecular flexibility index (Phi) is 5.26. The van der Waals surface area contributed by atoms with E-state index in [0.717, 1.165) is 0 Å². The van der Waals surface area contributed by atoms with Gasteiger partial charge >= 0.3 is 24.2 Å². The molecular formula is C12H15O7+. The van der Waals surface area contributed by atoms with E-state index in [1.165, 1.54) is 26.8 Å². The van der Waals surface area contributed by atoms with Crippen LogP contribution in [0, 0.1) is 6.26 Å². The summed E-state index contributed by atoms with van der Waals surface area (Å²) in [5.74, 6) is -1.59. The van der Waals surface area contributed by atoms with Crippen LogP contribution in [0.2, 0.25) is 0 Å². The zero-order chi connectivity index (χ0) is 14.4. The lowest BCUT2D eigenvalue weighted by molar-refractivity contribution is -0.180. The Morgan fingerprint density at radius 3 is 2.26 bits per heavy atom. The summed E-state index contributed by atoms with van der Waals surface area (Å²) in [6.07, 6.45) is 1.28. The van der Waals surface area contributed by atoms with E-state index in [0.29, 0.717) is 0 Å². The van der Waals surface area contributed by atoms with Crippen LogP contribution in [0.3, 0.4) is 0 Å². The number of carbonyl (C=O) groups is 3. The molecule has 7 heteroatoms. The summed E-state index contributed by atoms with van der Waals surface area (Å²) in [7, 11) is 0. The molecule has 0 saturated heterocycles. The molecule has 104 valence electrons. The highest BCUT2D eigenvalue weighted by atomic mass is 16.6. The van der Waals surface area contributed by atoms with Gasteiger partial charge in [0.25, 0.3) is 6.08 Å². The largest absolute Gasteiger partial charge is 0.484 e. The van der Waals surface area contributed by atoms with Crippen molar-refractivity contribution >= 4 is 17.9 Å². The summed E-state index contributed by atoms with van der Waals surface area (Å²) < 4.78 is 19.9. The van der Waals surface area contributed by atoms with E-state index in [4.69, 9.17) is 18.9 Å². The fourth-order valence-electron chi connectivity index (χ4n) is 1.52. The van der Waals surface area contributed by atoms with Crippen LogP contribution in [-0.2, 0) is 33.3 Å². The molecule has 0 aliphatic carbocycles. The monoisotopic (exact) mass is 271 g/mol. The quantitative estimate of drug-likeness (QED) is 0.408. The van der Waals surface area contributed by atoms with Gasteiger partial charge in [0, 0.05) is 20.8 Å². The normalized spacial score (nSPS) is 24.7. The van der Waals surface area contributed by atoms with Gasteiger partial charge in [0.05, 0.1) is 0 Å². The summed E-state index contributed by atoms with van der Waals surface area (Å²) in [5, 5.41) is 0. The second kappa shape index (κ2) is 6.70. The molecule has 1 heterocycles. The molecule has 0 aromatic heterocycles. The highest BCUT2D eigenvalue weighted by Crippen LogP contribution is 2.19. The van der Waals surface area contributed by atoms with Crippen molar-refractivity contribution in [1.29, 1.82) is 0 Å². The van der Waals surface area contributed by atoms with Crippen LogP contribution in [0.25, 0.3) is 0 Å². The third-order valence-electron chi connectivity index (χ3n) is 2.20. The second-order valence-corrected chi connectivity index (χ2v) is 3.89. The lowest BCUT2D eigenvalue weighted by Crippen LogP contribution is -2.47. The molecule has 0 amide bonds. The Morgan fingerprint density at radius 1 is 1.11 bits per heavy atom. The molecule has 0 fully saturated rings. The predicted octanol–water partition coefficient (Wildman–Crippen LogP) is 0.129. The van der Waals surface area contributed by atoms with Gasteiger partial charge in [-0.2, -0.15) is 0 Å². The first-order valence-corrected chi connectivity index (χ1v) is 5.62. The zero-order valence-electron chi connectivity index (χ0n) is 10.9. The molecule has 0 radical (unpaired) electrons. The van der Waals surface area contributed by atoms with Crippen molar-refractivity contribution in [2.24, 2.45) is 0 Å². The van der Waals surface area contributed by atoms with Gasteiger partial charge < -0.3 is 14.2 Å². The minimum Gasteiger partial charge on any atom is -0.462 e. The molecule has 1 rings (SSSR count). The molecule has 0 aromatic rings. The van der Waals surface area contributed by atoms with Gasteiger partial charge in [-0.1, -0.05) is 0 Å². The molecule has 0 spiro atoms. The van der Waals surface area contributed by atoms with Crippen LogP contribution in [-0.4, -0.2) is 42.8 Å². The maximum absolute atomic E-state index is 11.1. The number of hydrogen-bond donors (Lipinski definition) is 0.